The third-order valence-electron chi connectivity index (χ3n) is 6.35. The fourth-order valence-electron chi connectivity index (χ4n) is 4.93. The molecule has 3 nitrogen and oxygen atoms in total. The van der Waals surface area contributed by atoms with Gasteiger partial charge in [-0.25, -0.2) is 0 Å². The second-order valence-electron chi connectivity index (χ2n) is 8.02. The van der Waals surface area contributed by atoms with Crippen LogP contribution in [0.15, 0.2) is 11.4 Å². The zero-order valence-electron chi connectivity index (χ0n) is 14.6. The maximum atomic E-state index is 13.0. The Morgan fingerprint density at radius 2 is 1.88 bits per heavy atom. The third-order valence-corrected chi connectivity index (χ3v) is 7.45. The molecule has 0 unspecified atom stereocenters. The summed E-state index contributed by atoms with van der Waals surface area (Å²) in [6.45, 7) is 3.66. The predicted octanol–water partition coefficient (Wildman–Crippen LogP) is 4.83. The normalized spacial score (nSPS) is 25.1. The third kappa shape index (κ3) is 3.41. The highest BCUT2D eigenvalue weighted by atomic mass is 32.1. The molecule has 0 atom stereocenters. The van der Waals surface area contributed by atoms with Crippen molar-refractivity contribution >= 4 is 17.2 Å². The molecule has 4 heteroatoms. The van der Waals surface area contributed by atoms with Gasteiger partial charge in [-0.15, -0.1) is 11.3 Å². The maximum absolute atomic E-state index is 13.0. The van der Waals surface area contributed by atoms with Crippen molar-refractivity contribution in [1.29, 1.82) is 0 Å². The largest absolute Gasteiger partial charge is 0.381 e. The van der Waals surface area contributed by atoms with Crippen LogP contribution in [0.2, 0.25) is 0 Å². The fourth-order valence-corrected chi connectivity index (χ4v) is 5.99. The van der Waals surface area contributed by atoms with Crippen molar-refractivity contribution in [2.75, 3.05) is 26.3 Å². The highest BCUT2D eigenvalue weighted by Crippen LogP contribution is 2.43. The molecule has 1 saturated carbocycles. The van der Waals surface area contributed by atoms with Gasteiger partial charge in [0.2, 0.25) is 0 Å². The number of amides is 1. The van der Waals surface area contributed by atoms with Gasteiger partial charge in [-0.05, 0) is 55.9 Å². The van der Waals surface area contributed by atoms with E-state index in [2.05, 4.69) is 16.3 Å². The Morgan fingerprint density at radius 1 is 1.12 bits per heavy atom. The molecule has 1 aromatic rings. The molecule has 0 radical (unpaired) electrons. The van der Waals surface area contributed by atoms with Crippen LogP contribution in [0.4, 0.5) is 0 Å². The van der Waals surface area contributed by atoms with E-state index in [0.717, 1.165) is 44.7 Å². The average Bonchev–Trinajstić information content (AvgIpc) is 3.13. The Kier molecular flexibility index (Phi) is 4.95. The van der Waals surface area contributed by atoms with E-state index >= 15 is 0 Å². The lowest BCUT2D eigenvalue weighted by Crippen LogP contribution is -2.46. The van der Waals surface area contributed by atoms with Gasteiger partial charge in [-0.1, -0.05) is 19.3 Å². The summed E-state index contributed by atoms with van der Waals surface area (Å²) in [6.07, 6.45) is 11.5. The molecule has 0 N–H and O–H groups in total. The Balaban J connectivity index is 1.44. The van der Waals surface area contributed by atoms with Crippen LogP contribution in [0.1, 0.15) is 78.9 Å². The number of carbonyl (C=O) groups is 1. The van der Waals surface area contributed by atoms with Crippen LogP contribution >= 0.6 is 11.3 Å². The SMILES string of the molecule is O=C(c1csc(C2CCOCC2)c1)N1CCCC2(CCCCC2)C1. The van der Waals surface area contributed by atoms with Gasteiger partial charge in [0.05, 0.1) is 5.56 Å². The van der Waals surface area contributed by atoms with E-state index < -0.39 is 0 Å². The molecule has 0 bridgehead atoms. The van der Waals surface area contributed by atoms with E-state index in [-0.39, 0.29) is 5.91 Å². The molecule has 24 heavy (non-hydrogen) atoms. The van der Waals surface area contributed by atoms with Crippen LogP contribution in [-0.2, 0) is 4.74 Å². The van der Waals surface area contributed by atoms with E-state index in [4.69, 9.17) is 4.74 Å². The second-order valence-corrected chi connectivity index (χ2v) is 8.96. The molecule has 1 spiro atoms. The van der Waals surface area contributed by atoms with Gasteiger partial charge < -0.3 is 9.64 Å². The smallest absolute Gasteiger partial charge is 0.254 e. The first-order valence-electron chi connectivity index (χ1n) is 9.71. The number of carbonyl (C=O) groups excluding carboxylic acids is 1. The Morgan fingerprint density at radius 3 is 2.67 bits per heavy atom. The predicted molar refractivity (Wildman–Crippen MR) is 97.8 cm³/mol. The highest BCUT2D eigenvalue weighted by Gasteiger charge is 2.38. The van der Waals surface area contributed by atoms with Crippen molar-refractivity contribution in [2.24, 2.45) is 5.41 Å². The van der Waals surface area contributed by atoms with Crippen molar-refractivity contribution < 1.29 is 9.53 Å². The van der Waals surface area contributed by atoms with Gasteiger partial charge in [0, 0.05) is 36.6 Å². The van der Waals surface area contributed by atoms with E-state index in [1.807, 2.05) is 0 Å². The first kappa shape index (κ1) is 16.6. The zero-order valence-corrected chi connectivity index (χ0v) is 15.4. The molecule has 3 aliphatic rings. The minimum atomic E-state index is 0.272. The number of hydrogen-bond donors (Lipinski definition) is 0. The summed E-state index contributed by atoms with van der Waals surface area (Å²) in [5, 5.41) is 2.09. The summed E-state index contributed by atoms with van der Waals surface area (Å²) in [6, 6.07) is 2.17. The molecule has 3 fully saturated rings. The second kappa shape index (κ2) is 7.17. The summed E-state index contributed by atoms with van der Waals surface area (Å²) in [7, 11) is 0. The minimum absolute atomic E-state index is 0.272. The lowest BCUT2D eigenvalue weighted by Gasteiger charge is -2.45. The fraction of sp³-hybridized carbons (Fsp3) is 0.750. The molecular weight excluding hydrogens is 318 g/mol. The van der Waals surface area contributed by atoms with Crippen LogP contribution in [0, 0.1) is 5.41 Å². The number of ether oxygens (including phenoxy) is 1. The molecule has 1 aliphatic carbocycles. The Hall–Kier alpha value is -0.870. The topological polar surface area (TPSA) is 29.5 Å². The van der Waals surface area contributed by atoms with Crippen molar-refractivity contribution in [3.8, 4) is 0 Å². The van der Waals surface area contributed by atoms with Crippen LogP contribution in [0.5, 0.6) is 0 Å². The molecule has 2 aliphatic heterocycles. The van der Waals surface area contributed by atoms with Gasteiger partial charge in [-0.2, -0.15) is 0 Å². The molecule has 3 heterocycles. The van der Waals surface area contributed by atoms with Crippen molar-refractivity contribution in [3.63, 3.8) is 0 Å². The number of nitrogens with zero attached hydrogens (tertiary/aromatic N) is 1. The highest BCUT2D eigenvalue weighted by molar-refractivity contribution is 7.10. The number of thiophene rings is 1. The zero-order chi connectivity index (χ0) is 16.4. The quantitative estimate of drug-likeness (QED) is 0.767. The monoisotopic (exact) mass is 347 g/mol. The Labute approximate surface area is 149 Å². The van der Waals surface area contributed by atoms with E-state index in [0.29, 0.717) is 11.3 Å². The van der Waals surface area contributed by atoms with Crippen LogP contribution < -0.4 is 0 Å². The molecular formula is C20H29NO2S. The number of piperidine rings is 1. The molecule has 4 rings (SSSR count). The Bertz CT molecular complexity index is 564. The van der Waals surface area contributed by atoms with Gasteiger partial charge >= 0.3 is 0 Å². The van der Waals surface area contributed by atoms with Crippen LogP contribution in [-0.4, -0.2) is 37.1 Å². The molecule has 132 valence electrons. The van der Waals surface area contributed by atoms with Crippen LogP contribution in [0.25, 0.3) is 0 Å². The van der Waals surface area contributed by atoms with E-state index in [9.17, 15) is 4.79 Å². The number of hydrogen-bond acceptors (Lipinski definition) is 3. The summed E-state index contributed by atoms with van der Waals surface area (Å²) < 4.78 is 5.46. The lowest BCUT2D eigenvalue weighted by molar-refractivity contribution is 0.0384. The summed E-state index contributed by atoms with van der Waals surface area (Å²) >= 11 is 1.77. The van der Waals surface area contributed by atoms with Gasteiger partial charge in [0.1, 0.15) is 0 Å². The molecule has 0 aromatic carbocycles. The van der Waals surface area contributed by atoms with Crippen LogP contribution in [0.3, 0.4) is 0 Å². The van der Waals surface area contributed by atoms with Gasteiger partial charge in [-0.3, -0.25) is 4.79 Å². The summed E-state index contributed by atoms with van der Waals surface area (Å²) in [5.41, 5.74) is 1.36. The van der Waals surface area contributed by atoms with Gasteiger partial charge in [0.15, 0.2) is 0 Å². The first-order chi connectivity index (χ1) is 11.8. The molecule has 1 amide bonds. The van der Waals surface area contributed by atoms with Gasteiger partial charge in [0.25, 0.3) is 5.91 Å². The van der Waals surface area contributed by atoms with Crippen molar-refractivity contribution in [3.05, 3.63) is 21.9 Å². The number of likely N-dealkylation sites (tertiary alicyclic amines) is 1. The first-order valence-corrected chi connectivity index (χ1v) is 10.6. The molecule has 1 aromatic heterocycles. The van der Waals surface area contributed by atoms with E-state index in [1.54, 1.807) is 11.3 Å². The maximum Gasteiger partial charge on any atom is 0.254 e. The summed E-state index contributed by atoms with van der Waals surface area (Å²) in [4.78, 5) is 16.6. The average molecular weight is 348 g/mol. The number of rotatable bonds is 2. The standard InChI is InChI=1S/C20H29NO2S/c22-19(17-13-18(24-14-17)16-5-11-23-12-6-16)21-10-4-9-20(15-21)7-2-1-3-8-20/h13-14,16H,1-12,15H2. The van der Waals surface area contributed by atoms with E-state index in [1.165, 1.54) is 49.8 Å². The summed E-state index contributed by atoms with van der Waals surface area (Å²) in [5.74, 6) is 0.866. The minimum Gasteiger partial charge on any atom is -0.381 e. The van der Waals surface area contributed by atoms with Crippen molar-refractivity contribution in [1.82, 2.24) is 4.90 Å². The van der Waals surface area contributed by atoms with Crippen molar-refractivity contribution in [2.45, 2.75) is 63.7 Å². The molecule has 2 saturated heterocycles. The lowest BCUT2D eigenvalue weighted by atomic mass is 9.69.